The average Bonchev–Trinajstić information content (AvgIpc) is 2.49. The Balaban J connectivity index is 2.04. The second kappa shape index (κ2) is 7.11. The van der Waals surface area contributed by atoms with E-state index in [9.17, 15) is 4.79 Å². The Kier molecular flexibility index (Phi) is 5.20. The van der Waals surface area contributed by atoms with E-state index in [0.29, 0.717) is 17.3 Å². The fourth-order valence-electron chi connectivity index (χ4n) is 1.83. The summed E-state index contributed by atoms with van der Waals surface area (Å²) in [6.45, 7) is 1.98. The van der Waals surface area contributed by atoms with Crippen LogP contribution in [0.5, 0.6) is 5.75 Å². The van der Waals surface area contributed by atoms with Crippen LogP contribution in [-0.4, -0.2) is 12.0 Å². The third-order valence-electron chi connectivity index (χ3n) is 2.96. The highest BCUT2D eigenvalue weighted by molar-refractivity contribution is 6.30. The molecule has 1 unspecified atom stereocenters. The third kappa shape index (κ3) is 4.21. The average molecular weight is 305 g/mol. The molecule has 21 heavy (non-hydrogen) atoms. The first-order valence-corrected chi connectivity index (χ1v) is 6.99. The van der Waals surface area contributed by atoms with Crippen molar-refractivity contribution >= 4 is 23.2 Å². The molecule has 1 atom stereocenters. The molecule has 0 radical (unpaired) electrons. The third-order valence-corrected chi connectivity index (χ3v) is 3.19. The van der Waals surface area contributed by atoms with E-state index in [1.807, 2.05) is 30.3 Å². The Bertz CT molecular complexity index is 617. The first-order valence-electron chi connectivity index (χ1n) is 6.61. The topological polar surface area (TPSA) is 64.3 Å². The van der Waals surface area contributed by atoms with E-state index >= 15 is 0 Å². The second-order valence-electron chi connectivity index (χ2n) is 4.57. The van der Waals surface area contributed by atoms with Crippen molar-refractivity contribution in [1.29, 1.82) is 0 Å². The van der Waals surface area contributed by atoms with Gasteiger partial charge in [0.25, 0.3) is 5.91 Å². The lowest BCUT2D eigenvalue weighted by atomic mass is 10.2. The van der Waals surface area contributed by atoms with Gasteiger partial charge >= 0.3 is 0 Å². The van der Waals surface area contributed by atoms with Gasteiger partial charge in [0, 0.05) is 22.8 Å². The molecule has 0 fully saturated rings. The number of hydrogen-bond acceptors (Lipinski definition) is 3. The molecule has 0 spiro atoms. The fraction of sp³-hybridized carbons (Fsp3) is 0.188. The molecule has 1 amide bonds. The van der Waals surface area contributed by atoms with Gasteiger partial charge in [0.2, 0.25) is 0 Å². The molecular formula is C16H17ClN2O2. The van der Waals surface area contributed by atoms with E-state index in [-0.39, 0.29) is 5.91 Å². The van der Waals surface area contributed by atoms with Crippen LogP contribution < -0.4 is 15.8 Å². The number of amides is 1. The summed E-state index contributed by atoms with van der Waals surface area (Å²) < 4.78 is 5.67. The van der Waals surface area contributed by atoms with E-state index in [2.05, 4.69) is 5.32 Å². The minimum absolute atomic E-state index is 0.223. The van der Waals surface area contributed by atoms with Crippen LogP contribution in [0.15, 0.2) is 48.5 Å². The van der Waals surface area contributed by atoms with Crippen LogP contribution in [0.3, 0.4) is 0 Å². The maximum Gasteiger partial charge on any atom is 0.265 e. The highest BCUT2D eigenvalue weighted by Crippen LogP contribution is 2.23. The highest BCUT2D eigenvalue weighted by Gasteiger charge is 2.16. The molecule has 110 valence electrons. The van der Waals surface area contributed by atoms with Gasteiger partial charge in [-0.15, -0.1) is 0 Å². The normalized spacial score (nSPS) is 11.8. The van der Waals surface area contributed by atoms with Gasteiger partial charge in [0.1, 0.15) is 5.75 Å². The number of rotatable bonds is 5. The smallest absolute Gasteiger partial charge is 0.265 e. The van der Waals surface area contributed by atoms with Crippen LogP contribution in [-0.2, 0) is 11.3 Å². The zero-order valence-corrected chi connectivity index (χ0v) is 12.4. The van der Waals surface area contributed by atoms with Gasteiger partial charge in [-0.2, -0.15) is 0 Å². The number of ether oxygens (including phenoxy) is 1. The number of benzene rings is 2. The maximum atomic E-state index is 12.1. The quantitative estimate of drug-likeness (QED) is 0.891. The number of halogens is 1. The van der Waals surface area contributed by atoms with Crippen LogP contribution >= 0.6 is 11.6 Å². The molecule has 0 aromatic heterocycles. The molecule has 0 bridgehead atoms. The first-order chi connectivity index (χ1) is 10.1. The molecule has 0 heterocycles. The number of hydrogen-bond donors (Lipinski definition) is 2. The van der Waals surface area contributed by atoms with E-state index in [1.165, 1.54) is 0 Å². The molecule has 0 aliphatic heterocycles. The molecule has 4 nitrogen and oxygen atoms in total. The zero-order chi connectivity index (χ0) is 15.2. The number of carbonyl (C=O) groups is 1. The SMILES string of the molecule is CC(Oc1ccc(Cl)cc1CN)C(=O)Nc1ccccc1. The van der Waals surface area contributed by atoms with Crippen molar-refractivity contribution in [1.82, 2.24) is 0 Å². The van der Waals surface area contributed by atoms with Gasteiger partial charge < -0.3 is 15.8 Å². The van der Waals surface area contributed by atoms with Crippen LogP contribution in [0.25, 0.3) is 0 Å². The van der Waals surface area contributed by atoms with Crippen molar-refractivity contribution in [2.45, 2.75) is 19.6 Å². The standard InChI is InChI=1S/C16H17ClN2O2/c1-11(16(20)19-14-5-3-2-4-6-14)21-15-8-7-13(17)9-12(15)10-18/h2-9,11H,10,18H2,1H3,(H,19,20). The van der Waals surface area contributed by atoms with E-state index in [4.69, 9.17) is 22.1 Å². The number of para-hydroxylation sites is 1. The Morgan fingerprint density at radius 2 is 2.00 bits per heavy atom. The predicted molar refractivity (Wildman–Crippen MR) is 84.5 cm³/mol. The molecule has 3 N–H and O–H groups in total. The number of nitrogens with two attached hydrogens (primary N) is 1. The van der Waals surface area contributed by atoms with Crippen molar-refractivity contribution in [3.05, 3.63) is 59.1 Å². The Labute approximate surface area is 128 Å². The number of carbonyl (C=O) groups excluding carboxylic acids is 1. The molecule has 0 aliphatic rings. The van der Waals surface area contributed by atoms with Crippen LogP contribution in [0.1, 0.15) is 12.5 Å². The van der Waals surface area contributed by atoms with Crippen molar-refractivity contribution < 1.29 is 9.53 Å². The minimum atomic E-state index is -0.642. The van der Waals surface area contributed by atoms with E-state index in [0.717, 1.165) is 11.3 Å². The van der Waals surface area contributed by atoms with Gasteiger partial charge in [-0.05, 0) is 37.3 Å². The molecule has 0 saturated heterocycles. The second-order valence-corrected chi connectivity index (χ2v) is 5.01. The monoisotopic (exact) mass is 304 g/mol. The molecule has 2 rings (SSSR count). The lowest BCUT2D eigenvalue weighted by Crippen LogP contribution is -2.30. The minimum Gasteiger partial charge on any atom is -0.481 e. The number of nitrogens with one attached hydrogen (secondary N) is 1. The Morgan fingerprint density at radius 1 is 1.29 bits per heavy atom. The summed E-state index contributed by atoms with van der Waals surface area (Å²) in [6.07, 6.45) is -0.642. The van der Waals surface area contributed by atoms with E-state index < -0.39 is 6.10 Å². The largest absolute Gasteiger partial charge is 0.481 e. The lowest BCUT2D eigenvalue weighted by molar-refractivity contribution is -0.122. The van der Waals surface area contributed by atoms with Crippen LogP contribution in [0.2, 0.25) is 5.02 Å². The summed E-state index contributed by atoms with van der Waals surface area (Å²) in [5.74, 6) is 0.344. The summed E-state index contributed by atoms with van der Waals surface area (Å²) in [7, 11) is 0. The van der Waals surface area contributed by atoms with Crippen molar-refractivity contribution in [3.8, 4) is 5.75 Å². The van der Waals surface area contributed by atoms with E-state index in [1.54, 1.807) is 25.1 Å². The number of anilines is 1. The maximum absolute atomic E-state index is 12.1. The van der Waals surface area contributed by atoms with Crippen LogP contribution in [0.4, 0.5) is 5.69 Å². The van der Waals surface area contributed by atoms with Crippen molar-refractivity contribution in [3.63, 3.8) is 0 Å². The lowest BCUT2D eigenvalue weighted by Gasteiger charge is -2.17. The van der Waals surface area contributed by atoms with Gasteiger partial charge in [-0.25, -0.2) is 0 Å². The predicted octanol–water partition coefficient (Wildman–Crippen LogP) is 3.20. The van der Waals surface area contributed by atoms with Crippen molar-refractivity contribution in [2.75, 3.05) is 5.32 Å². The molecule has 0 aliphatic carbocycles. The summed E-state index contributed by atoms with van der Waals surface area (Å²) in [5.41, 5.74) is 7.15. The molecule has 0 saturated carbocycles. The highest BCUT2D eigenvalue weighted by atomic mass is 35.5. The Hall–Kier alpha value is -2.04. The first kappa shape index (κ1) is 15.4. The summed E-state index contributed by atoms with van der Waals surface area (Å²) in [4.78, 5) is 12.1. The molecular weight excluding hydrogens is 288 g/mol. The molecule has 2 aromatic rings. The van der Waals surface area contributed by atoms with Gasteiger partial charge in [0.15, 0.2) is 6.10 Å². The molecule has 5 heteroatoms. The molecule has 2 aromatic carbocycles. The summed E-state index contributed by atoms with van der Waals surface area (Å²) in [5, 5.41) is 3.38. The van der Waals surface area contributed by atoms with Gasteiger partial charge in [0.05, 0.1) is 0 Å². The summed E-state index contributed by atoms with van der Waals surface area (Å²) >= 11 is 5.91. The van der Waals surface area contributed by atoms with Gasteiger partial charge in [-0.1, -0.05) is 29.8 Å². The van der Waals surface area contributed by atoms with Crippen molar-refractivity contribution in [2.24, 2.45) is 5.73 Å². The summed E-state index contributed by atoms with van der Waals surface area (Å²) in [6, 6.07) is 14.4. The van der Waals surface area contributed by atoms with Crippen LogP contribution in [0, 0.1) is 0 Å². The fourth-order valence-corrected chi connectivity index (χ4v) is 2.03. The zero-order valence-electron chi connectivity index (χ0n) is 11.7. The van der Waals surface area contributed by atoms with Gasteiger partial charge in [-0.3, -0.25) is 4.79 Å². The Morgan fingerprint density at radius 3 is 2.67 bits per heavy atom.